The summed E-state index contributed by atoms with van der Waals surface area (Å²) < 4.78 is 0. The molecular formula is C28H37N5O. The predicted molar refractivity (Wildman–Crippen MR) is 133 cm³/mol. The quantitative estimate of drug-likeness (QED) is 0.641. The van der Waals surface area contributed by atoms with Crippen LogP contribution in [0.5, 0.6) is 0 Å². The fraction of sp³-hybridized carbons (Fsp3) is 0.571. The van der Waals surface area contributed by atoms with Crippen LogP contribution in [0.2, 0.25) is 0 Å². The van der Waals surface area contributed by atoms with Crippen LogP contribution in [-0.2, 0) is 24.2 Å². The summed E-state index contributed by atoms with van der Waals surface area (Å²) in [5.41, 5.74) is 12.2. The number of pyridine rings is 1. The summed E-state index contributed by atoms with van der Waals surface area (Å²) in [6.45, 7) is 3.42. The number of piperidine rings is 1. The molecule has 6 nitrogen and oxygen atoms in total. The maximum Gasteiger partial charge on any atom is 0.239 e. The highest BCUT2D eigenvalue weighted by Crippen LogP contribution is 2.39. The fourth-order valence-electron chi connectivity index (χ4n) is 6.76. The number of nitrogens with one attached hydrogen (secondary N) is 3. The van der Waals surface area contributed by atoms with Gasteiger partial charge in [-0.3, -0.25) is 20.1 Å². The van der Waals surface area contributed by atoms with Gasteiger partial charge in [0.15, 0.2) is 0 Å². The smallest absolute Gasteiger partial charge is 0.239 e. The van der Waals surface area contributed by atoms with E-state index in [0.717, 1.165) is 38.6 Å². The Bertz CT molecular complexity index is 994. The van der Waals surface area contributed by atoms with Crippen LogP contribution in [0.3, 0.4) is 0 Å². The summed E-state index contributed by atoms with van der Waals surface area (Å²) in [6.07, 6.45) is 13.2. The number of likely N-dealkylation sites (tertiary alicyclic amines) is 1. The van der Waals surface area contributed by atoms with Gasteiger partial charge < -0.3 is 5.32 Å². The van der Waals surface area contributed by atoms with E-state index < -0.39 is 0 Å². The average Bonchev–Trinajstić information content (AvgIpc) is 3.48. The summed E-state index contributed by atoms with van der Waals surface area (Å²) in [5, 5.41) is 3.35. The summed E-state index contributed by atoms with van der Waals surface area (Å²) in [7, 11) is 0. The molecule has 0 bridgehead atoms. The molecule has 0 spiro atoms. The van der Waals surface area contributed by atoms with E-state index in [0.29, 0.717) is 17.9 Å². The molecule has 2 aromatic rings. The second-order valence-corrected chi connectivity index (χ2v) is 10.9. The highest BCUT2D eigenvalue weighted by Gasteiger charge is 2.44. The first-order chi connectivity index (χ1) is 16.7. The number of carbonyl (C=O) groups excluding carboxylic acids is 1. The molecule has 1 aromatic carbocycles. The number of amides is 1. The molecule has 1 aromatic heterocycles. The van der Waals surface area contributed by atoms with E-state index in [4.69, 9.17) is 0 Å². The average molecular weight is 460 g/mol. The number of benzene rings is 1. The zero-order chi connectivity index (χ0) is 22.9. The van der Waals surface area contributed by atoms with Crippen LogP contribution in [0.15, 0.2) is 42.7 Å². The Balaban J connectivity index is 1.09. The molecule has 4 unspecified atom stereocenters. The van der Waals surface area contributed by atoms with Gasteiger partial charge in [-0.1, -0.05) is 36.8 Å². The van der Waals surface area contributed by atoms with Gasteiger partial charge in [-0.15, -0.1) is 0 Å². The topological polar surface area (TPSA) is 69.3 Å². The Labute approximate surface area is 202 Å². The number of hydrogen-bond acceptors (Lipinski definition) is 5. The van der Waals surface area contributed by atoms with Crippen LogP contribution < -0.4 is 16.2 Å². The number of hydrazine groups is 1. The second-order valence-electron chi connectivity index (χ2n) is 10.9. The van der Waals surface area contributed by atoms with E-state index in [1.807, 2.05) is 6.20 Å². The van der Waals surface area contributed by atoms with Crippen molar-refractivity contribution >= 4 is 5.91 Å². The SMILES string of the molecule is O=C(NC1Cc2ccccc2C1)C1NNC2CCC(c3cncc(CN4CCCCC4)c3)CC21. The molecule has 6 heteroatoms. The molecule has 4 atom stereocenters. The highest BCUT2D eigenvalue weighted by atomic mass is 16.2. The van der Waals surface area contributed by atoms with Crippen molar-refractivity contribution in [2.24, 2.45) is 5.92 Å². The monoisotopic (exact) mass is 459 g/mol. The minimum Gasteiger partial charge on any atom is -0.351 e. The molecule has 180 valence electrons. The van der Waals surface area contributed by atoms with Crippen molar-refractivity contribution < 1.29 is 4.79 Å². The Hall–Kier alpha value is -2.28. The lowest BCUT2D eigenvalue weighted by Crippen LogP contribution is -2.49. The Morgan fingerprint density at radius 1 is 1.03 bits per heavy atom. The van der Waals surface area contributed by atoms with Crippen LogP contribution in [0.4, 0.5) is 0 Å². The fourth-order valence-corrected chi connectivity index (χ4v) is 6.76. The van der Waals surface area contributed by atoms with Gasteiger partial charge in [0.1, 0.15) is 6.04 Å². The van der Waals surface area contributed by atoms with Gasteiger partial charge in [0.05, 0.1) is 0 Å². The van der Waals surface area contributed by atoms with Crippen LogP contribution >= 0.6 is 0 Å². The van der Waals surface area contributed by atoms with E-state index in [-0.39, 0.29) is 18.0 Å². The maximum absolute atomic E-state index is 13.3. The van der Waals surface area contributed by atoms with Gasteiger partial charge >= 0.3 is 0 Å². The number of aromatic nitrogens is 1. The lowest BCUT2D eigenvalue weighted by molar-refractivity contribution is -0.124. The third-order valence-electron chi connectivity index (χ3n) is 8.57. The van der Waals surface area contributed by atoms with Crippen LogP contribution in [-0.4, -0.2) is 47.0 Å². The van der Waals surface area contributed by atoms with Crippen molar-refractivity contribution in [1.82, 2.24) is 26.1 Å². The molecule has 4 aliphatic rings. The normalized spacial score (nSPS) is 29.5. The van der Waals surface area contributed by atoms with Gasteiger partial charge in [-0.2, -0.15) is 0 Å². The van der Waals surface area contributed by atoms with Gasteiger partial charge in [-0.25, -0.2) is 5.43 Å². The third-order valence-corrected chi connectivity index (χ3v) is 8.57. The molecule has 3 fully saturated rings. The molecule has 2 aliphatic carbocycles. The Morgan fingerprint density at radius 2 is 1.82 bits per heavy atom. The Morgan fingerprint density at radius 3 is 2.62 bits per heavy atom. The first kappa shape index (κ1) is 22.2. The molecule has 3 N–H and O–H groups in total. The van der Waals surface area contributed by atoms with E-state index in [9.17, 15) is 4.79 Å². The van der Waals surface area contributed by atoms with Crippen molar-refractivity contribution in [3.8, 4) is 0 Å². The lowest BCUT2D eigenvalue weighted by Gasteiger charge is -2.33. The third kappa shape index (κ3) is 4.64. The zero-order valence-electron chi connectivity index (χ0n) is 20.0. The number of fused-ring (bicyclic) bond motifs is 2. The molecule has 1 saturated carbocycles. The molecular weight excluding hydrogens is 422 g/mol. The summed E-state index contributed by atoms with van der Waals surface area (Å²) >= 11 is 0. The van der Waals surface area contributed by atoms with Gasteiger partial charge in [-0.05, 0) is 86.2 Å². The summed E-state index contributed by atoms with van der Waals surface area (Å²) in [5.74, 6) is 0.937. The van der Waals surface area contributed by atoms with Crippen molar-refractivity contribution in [3.63, 3.8) is 0 Å². The minimum atomic E-state index is -0.166. The molecule has 2 aliphatic heterocycles. The first-order valence-corrected chi connectivity index (χ1v) is 13.3. The summed E-state index contributed by atoms with van der Waals surface area (Å²) in [6, 6.07) is 11.4. The van der Waals surface area contributed by atoms with Gasteiger partial charge in [0.25, 0.3) is 0 Å². The minimum absolute atomic E-state index is 0.149. The Kier molecular flexibility index (Phi) is 6.37. The van der Waals surface area contributed by atoms with Crippen molar-refractivity contribution in [1.29, 1.82) is 0 Å². The molecule has 1 amide bonds. The van der Waals surface area contributed by atoms with E-state index in [2.05, 4.69) is 62.6 Å². The van der Waals surface area contributed by atoms with Gasteiger partial charge in [0, 0.05) is 36.9 Å². The van der Waals surface area contributed by atoms with E-state index in [1.54, 1.807) is 0 Å². The molecule has 6 rings (SSSR count). The summed E-state index contributed by atoms with van der Waals surface area (Å²) in [4.78, 5) is 20.5. The largest absolute Gasteiger partial charge is 0.351 e. The number of hydrogen-bond donors (Lipinski definition) is 3. The van der Waals surface area contributed by atoms with E-state index in [1.165, 1.54) is 54.6 Å². The first-order valence-electron chi connectivity index (χ1n) is 13.3. The van der Waals surface area contributed by atoms with Crippen LogP contribution in [0, 0.1) is 5.92 Å². The standard InChI is InChI=1S/C28H37N5O/c34-28(30-24-13-20-6-2-3-7-21(20)14-24)27-25-15-22(8-9-26(25)31-32-27)23-12-19(16-29-17-23)18-33-10-4-1-5-11-33/h2-3,6-7,12,16-17,22,24-27,31-32H,1,4-5,8-11,13-15,18H2,(H,30,34). The van der Waals surface area contributed by atoms with Gasteiger partial charge in [0.2, 0.25) is 5.91 Å². The van der Waals surface area contributed by atoms with Crippen molar-refractivity contribution in [2.45, 2.75) is 82.0 Å². The molecule has 3 heterocycles. The zero-order valence-corrected chi connectivity index (χ0v) is 20.0. The number of carbonyl (C=O) groups is 1. The van der Waals surface area contributed by atoms with Crippen molar-refractivity contribution in [2.75, 3.05) is 13.1 Å². The van der Waals surface area contributed by atoms with Crippen molar-refractivity contribution in [3.05, 3.63) is 65.0 Å². The molecule has 0 radical (unpaired) electrons. The van der Waals surface area contributed by atoms with E-state index >= 15 is 0 Å². The second kappa shape index (κ2) is 9.76. The molecule has 2 saturated heterocycles. The predicted octanol–water partition coefficient (Wildman–Crippen LogP) is 3.08. The number of rotatable bonds is 5. The molecule has 34 heavy (non-hydrogen) atoms. The maximum atomic E-state index is 13.3. The van der Waals surface area contributed by atoms with Crippen LogP contribution in [0.25, 0.3) is 0 Å². The lowest BCUT2D eigenvalue weighted by atomic mass is 9.73. The number of nitrogens with zero attached hydrogens (tertiary/aromatic N) is 2. The highest BCUT2D eigenvalue weighted by molar-refractivity contribution is 5.83. The van der Waals surface area contributed by atoms with Crippen LogP contribution in [0.1, 0.15) is 66.7 Å².